The van der Waals surface area contributed by atoms with E-state index in [1.807, 2.05) is 13.8 Å². The van der Waals surface area contributed by atoms with E-state index < -0.39 is 6.04 Å². The normalized spacial score (nSPS) is 22.1. The van der Waals surface area contributed by atoms with E-state index in [2.05, 4.69) is 17.1 Å². The van der Waals surface area contributed by atoms with Gasteiger partial charge in [-0.1, -0.05) is 27.2 Å². The second kappa shape index (κ2) is 9.15. The summed E-state index contributed by atoms with van der Waals surface area (Å²) in [7, 11) is 0. The van der Waals surface area contributed by atoms with Crippen LogP contribution in [0.3, 0.4) is 0 Å². The molecule has 1 amide bonds. The number of likely N-dealkylation sites (tertiary alicyclic amines) is 1. The minimum absolute atomic E-state index is 0.119. The third kappa shape index (κ3) is 6.57. The summed E-state index contributed by atoms with van der Waals surface area (Å²) in [5.41, 5.74) is 5.88. The number of nitrogens with one attached hydrogen (secondary N) is 1. The Bertz CT molecular complexity index is 344. The topological polar surface area (TPSA) is 75.4 Å². The van der Waals surface area contributed by atoms with Crippen LogP contribution in [0.2, 0.25) is 0 Å². The molecule has 0 spiro atoms. The summed E-state index contributed by atoms with van der Waals surface area (Å²) in [6.07, 6.45) is 4.56. The summed E-state index contributed by atoms with van der Waals surface area (Å²) < 4.78 is 0. The quantitative estimate of drug-likeness (QED) is 0.743. The zero-order chi connectivity index (χ0) is 15.8. The van der Waals surface area contributed by atoms with Crippen LogP contribution in [-0.4, -0.2) is 48.3 Å². The van der Waals surface area contributed by atoms with Crippen molar-refractivity contribution < 1.29 is 9.59 Å². The molecule has 0 aromatic carbocycles. The van der Waals surface area contributed by atoms with E-state index in [1.165, 1.54) is 0 Å². The lowest BCUT2D eigenvalue weighted by Gasteiger charge is -2.20. The first-order valence-corrected chi connectivity index (χ1v) is 8.25. The van der Waals surface area contributed by atoms with E-state index >= 15 is 0 Å². The minimum Gasteiger partial charge on any atom is -0.345 e. The van der Waals surface area contributed by atoms with Gasteiger partial charge in [-0.25, -0.2) is 0 Å². The Morgan fingerprint density at radius 1 is 1.48 bits per heavy atom. The second-order valence-corrected chi connectivity index (χ2v) is 6.54. The summed E-state index contributed by atoms with van der Waals surface area (Å²) in [5.74, 6) is 0.304. The summed E-state index contributed by atoms with van der Waals surface area (Å²) in [4.78, 5) is 26.5. The Morgan fingerprint density at radius 2 is 2.19 bits per heavy atom. The number of nitrogens with two attached hydrogens (primary N) is 1. The smallest absolute Gasteiger partial charge is 0.237 e. The highest BCUT2D eigenvalue weighted by atomic mass is 16.2. The lowest BCUT2D eigenvalue weighted by atomic mass is 10.0. The number of ketones is 1. The lowest BCUT2D eigenvalue weighted by molar-refractivity contribution is -0.128. The maximum absolute atomic E-state index is 12.3. The molecule has 5 heteroatoms. The Morgan fingerprint density at radius 3 is 2.81 bits per heavy atom. The molecule has 0 radical (unpaired) electrons. The molecule has 0 saturated carbocycles. The van der Waals surface area contributed by atoms with E-state index in [0.717, 1.165) is 38.8 Å². The van der Waals surface area contributed by atoms with Crippen LogP contribution in [0.1, 0.15) is 52.9 Å². The Hall–Kier alpha value is -0.940. The van der Waals surface area contributed by atoms with Crippen LogP contribution >= 0.6 is 0 Å². The molecule has 1 aliphatic heterocycles. The molecule has 1 heterocycles. The largest absolute Gasteiger partial charge is 0.345 e. The lowest BCUT2D eigenvalue weighted by Crippen LogP contribution is -2.49. The number of amides is 1. The fourth-order valence-electron chi connectivity index (χ4n) is 2.71. The van der Waals surface area contributed by atoms with E-state index in [0.29, 0.717) is 18.9 Å². The van der Waals surface area contributed by atoms with Gasteiger partial charge >= 0.3 is 0 Å². The first kappa shape index (κ1) is 18.1. The summed E-state index contributed by atoms with van der Waals surface area (Å²) in [6.45, 7) is 8.58. The molecule has 0 aromatic rings. The number of Topliss-reactive ketones (excluding diaryl/α,β-unsaturated/α-hetero) is 1. The predicted octanol–water partition coefficient (Wildman–Crippen LogP) is 1.31. The van der Waals surface area contributed by atoms with Crippen LogP contribution in [0, 0.1) is 5.92 Å². The number of nitrogens with zero attached hydrogens (tertiary/aromatic N) is 1. The zero-order valence-corrected chi connectivity index (χ0v) is 13.7. The van der Waals surface area contributed by atoms with Crippen LogP contribution in [0.15, 0.2) is 0 Å². The van der Waals surface area contributed by atoms with Gasteiger partial charge in [0.1, 0.15) is 0 Å². The molecule has 21 heavy (non-hydrogen) atoms. The first-order chi connectivity index (χ1) is 9.93. The molecule has 1 unspecified atom stereocenters. The molecule has 2 atom stereocenters. The second-order valence-electron chi connectivity index (χ2n) is 6.54. The van der Waals surface area contributed by atoms with Gasteiger partial charge in [0, 0.05) is 0 Å². The monoisotopic (exact) mass is 297 g/mol. The van der Waals surface area contributed by atoms with Gasteiger partial charge in [-0.05, 0) is 44.7 Å². The Kier molecular flexibility index (Phi) is 7.89. The number of hydrogen-bond donors (Lipinski definition) is 2. The molecule has 3 N–H and O–H groups in total. The van der Waals surface area contributed by atoms with E-state index in [4.69, 9.17) is 5.73 Å². The van der Waals surface area contributed by atoms with E-state index in [1.54, 1.807) is 0 Å². The molecule has 1 aliphatic rings. The van der Waals surface area contributed by atoms with Crippen molar-refractivity contribution in [3.05, 3.63) is 0 Å². The predicted molar refractivity (Wildman–Crippen MR) is 85.0 cm³/mol. The number of hydrogen-bond acceptors (Lipinski definition) is 4. The summed E-state index contributed by atoms with van der Waals surface area (Å²) in [6, 6.07) is -0.875. The van der Waals surface area contributed by atoms with Crippen LogP contribution < -0.4 is 11.1 Å². The van der Waals surface area contributed by atoms with Gasteiger partial charge in [0.2, 0.25) is 5.91 Å². The molecular weight excluding hydrogens is 266 g/mol. The van der Waals surface area contributed by atoms with Gasteiger partial charge in [0.15, 0.2) is 5.78 Å². The van der Waals surface area contributed by atoms with Gasteiger partial charge in [0.25, 0.3) is 0 Å². The third-order valence-electron chi connectivity index (χ3n) is 3.94. The van der Waals surface area contributed by atoms with E-state index in [9.17, 15) is 9.59 Å². The Labute approximate surface area is 128 Å². The van der Waals surface area contributed by atoms with Crippen molar-refractivity contribution >= 4 is 11.7 Å². The summed E-state index contributed by atoms with van der Waals surface area (Å²) in [5, 5.41) is 2.85. The molecule has 1 saturated heterocycles. The molecule has 1 fully saturated rings. The maximum atomic E-state index is 12.3. The molecule has 0 aliphatic carbocycles. The summed E-state index contributed by atoms with van der Waals surface area (Å²) >= 11 is 0. The highest BCUT2D eigenvalue weighted by Crippen LogP contribution is 2.10. The molecule has 122 valence electrons. The van der Waals surface area contributed by atoms with Gasteiger partial charge in [-0.2, -0.15) is 0 Å². The van der Waals surface area contributed by atoms with Crippen molar-refractivity contribution in [3.8, 4) is 0 Å². The van der Waals surface area contributed by atoms with Gasteiger partial charge in [-0.15, -0.1) is 0 Å². The number of rotatable bonds is 7. The number of carbonyl (C=O) groups excluding carboxylic acids is 2. The number of unbranched alkanes of at least 4 members (excludes halogenated alkanes) is 1. The highest BCUT2D eigenvalue weighted by Gasteiger charge is 2.27. The number of carbonyl (C=O) groups is 2. The highest BCUT2D eigenvalue weighted by molar-refractivity contribution is 5.92. The molecule has 0 bridgehead atoms. The fourth-order valence-corrected chi connectivity index (χ4v) is 2.71. The average molecular weight is 297 g/mol. The van der Waals surface area contributed by atoms with Crippen molar-refractivity contribution in [2.45, 2.75) is 65.0 Å². The van der Waals surface area contributed by atoms with Crippen LogP contribution in [-0.2, 0) is 9.59 Å². The van der Waals surface area contributed by atoms with Crippen molar-refractivity contribution in [3.63, 3.8) is 0 Å². The van der Waals surface area contributed by atoms with E-state index in [-0.39, 0.29) is 17.7 Å². The molecule has 1 rings (SSSR count). The van der Waals surface area contributed by atoms with Crippen LogP contribution in [0.4, 0.5) is 0 Å². The Balaban J connectivity index is 2.48. The third-order valence-corrected chi connectivity index (χ3v) is 3.94. The molecule has 0 aromatic heterocycles. The minimum atomic E-state index is -0.516. The van der Waals surface area contributed by atoms with Crippen molar-refractivity contribution in [2.75, 3.05) is 19.6 Å². The maximum Gasteiger partial charge on any atom is 0.237 e. The SMILES string of the molecule is CCCCN1CCCC(NC(=O)[C@@H](N)CC(C)C)C(=O)C1. The standard InChI is InChI=1S/C16H31N3O2/c1-4-5-8-19-9-6-7-14(15(20)11-19)18-16(21)13(17)10-12(2)3/h12-14H,4-11,17H2,1-3H3,(H,18,21)/t13-,14?/m0/s1. The van der Waals surface area contributed by atoms with Gasteiger partial charge < -0.3 is 11.1 Å². The first-order valence-electron chi connectivity index (χ1n) is 8.25. The van der Waals surface area contributed by atoms with Crippen LogP contribution in [0.5, 0.6) is 0 Å². The van der Waals surface area contributed by atoms with Crippen molar-refractivity contribution in [1.82, 2.24) is 10.2 Å². The molecule has 5 nitrogen and oxygen atoms in total. The fraction of sp³-hybridized carbons (Fsp3) is 0.875. The van der Waals surface area contributed by atoms with Crippen LogP contribution in [0.25, 0.3) is 0 Å². The zero-order valence-electron chi connectivity index (χ0n) is 13.7. The van der Waals surface area contributed by atoms with Gasteiger partial charge in [-0.3, -0.25) is 14.5 Å². The van der Waals surface area contributed by atoms with Gasteiger partial charge in [0.05, 0.1) is 18.6 Å². The van der Waals surface area contributed by atoms with Crippen molar-refractivity contribution in [2.24, 2.45) is 11.7 Å². The van der Waals surface area contributed by atoms with Crippen molar-refractivity contribution in [1.29, 1.82) is 0 Å². The average Bonchev–Trinajstić information content (AvgIpc) is 2.58. The molecular formula is C16H31N3O2.